The third kappa shape index (κ3) is 2.01. The molecule has 0 saturated carbocycles. The Bertz CT molecular complexity index is 519. The van der Waals surface area contributed by atoms with Crippen molar-refractivity contribution in [2.75, 3.05) is 4.90 Å². The van der Waals surface area contributed by atoms with E-state index in [9.17, 15) is 0 Å². The summed E-state index contributed by atoms with van der Waals surface area (Å²) in [4.78, 5) is 7.26. The van der Waals surface area contributed by atoms with Gasteiger partial charge in [-0.3, -0.25) is 4.98 Å². The Hall–Kier alpha value is -1.75. The quantitative estimate of drug-likeness (QED) is 0.842. The van der Waals surface area contributed by atoms with Gasteiger partial charge in [0.2, 0.25) is 0 Å². The first-order chi connectivity index (χ1) is 8.88. The van der Waals surface area contributed by atoms with Crippen LogP contribution in [0, 0.1) is 0 Å². The number of rotatable bonds is 4. The van der Waals surface area contributed by atoms with Gasteiger partial charge in [0.1, 0.15) is 6.26 Å². The fourth-order valence-corrected chi connectivity index (χ4v) is 2.57. The molecule has 0 aliphatic carbocycles. The van der Waals surface area contributed by atoms with E-state index in [0.717, 1.165) is 29.2 Å². The molecule has 0 radical (unpaired) electrons. The highest BCUT2D eigenvalue weighted by molar-refractivity contribution is 7.10. The molecule has 2 aromatic rings. The summed E-state index contributed by atoms with van der Waals surface area (Å²) in [5.41, 5.74) is 2.84. The van der Waals surface area contributed by atoms with Gasteiger partial charge in [0.15, 0.2) is 12.0 Å². The van der Waals surface area contributed by atoms with Crippen molar-refractivity contribution in [3.8, 4) is 0 Å². The van der Waals surface area contributed by atoms with Crippen LogP contribution in [-0.2, 0) is 4.74 Å². The van der Waals surface area contributed by atoms with Gasteiger partial charge in [-0.2, -0.15) is 0 Å². The molecule has 94 valence electrons. The first-order valence-electron chi connectivity index (χ1n) is 5.96. The zero-order valence-corrected chi connectivity index (χ0v) is 10.9. The van der Waals surface area contributed by atoms with Gasteiger partial charge in [0.05, 0.1) is 28.5 Å². The molecule has 3 heterocycles. The Morgan fingerprint density at radius 2 is 2.44 bits per heavy atom. The van der Waals surface area contributed by atoms with E-state index in [1.807, 2.05) is 24.0 Å². The first kappa shape index (κ1) is 11.3. The lowest BCUT2D eigenvalue weighted by Gasteiger charge is -2.22. The maximum atomic E-state index is 6.00. The molecule has 3 rings (SSSR count). The summed E-state index contributed by atoms with van der Waals surface area (Å²) in [5, 5.41) is 0. The van der Waals surface area contributed by atoms with Crippen molar-refractivity contribution in [1.82, 2.24) is 4.98 Å². The molecule has 0 spiro atoms. The van der Waals surface area contributed by atoms with Crippen LogP contribution < -0.4 is 4.90 Å². The number of hydrogen-bond acceptors (Lipinski definition) is 5. The summed E-state index contributed by atoms with van der Waals surface area (Å²) in [5.74, 6) is 0.886. The van der Waals surface area contributed by atoms with Crippen LogP contribution in [-0.4, -0.2) is 11.2 Å². The smallest absolute Gasteiger partial charge is 0.176 e. The molecule has 1 unspecified atom stereocenters. The number of anilines is 1. The SMILES string of the molecule is CCCC1OC(c2cncs2)=CN1c1ccoc1. The molecule has 18 heavy (non-hydrogen) atoms. The minimum Gasteiger partial charge on any atom is -0.470 e. The second-order valence-corrected chi connectivity index (χ2v) is 5.00. The molecule has 0 aromatic carbocycles. The second kappa shape index (κ2) is 4.86. The summed E-state index contributed by atoms with van der Waals surface area (Å²) >= 11 is 1.59. The molecule has 5 heteroatoms. The minimum atomic E-state index is 0.0460. The van der Waals surface area contributed by atoms with Crippen LogP contribution in [0.25, 0.3) is 5.76 Å². The van der Waals surface area contributed by atoms with Gasteiger partial charge in [0, 0.05) is 18.7 Å². The van der Waals surface area contributed by atoms with E-state index in [1.54, 1.807) is 23.9 Å². The minimum absolute atomic E-state index is 0.0460. The molecule has 1 atom stereocenters. The van der Waals surface area contributed by atoms with Gasteiger partial charge >= 0.3 is 0 Å². The van der Waals surface area contributed by atoms with Crippen LogP contribution in [0.5, 0.6) is 0 Å². The van der Waals surface area contributed by atoms with Gasteiger partial charge < -0.3 is 14.1 Å². The molecule has 0 bridgehead atoms. The fourth-order valence-electron chi connectivity index (χ4n) is 1.99. The lowest BCUT2D eigenvalue weighted by molar-refractivity contribution is 0.181. The molecular weight excluding hydrogens is 248 g/mol. The third-order valence-electron chi connectivity index (χ3n) is 2.84. The Labute approximate surface area is 110 Å². The normalized spacial score (nSPS) is 18.8. The monoisotopic (exact) mass is 262 g/mol. The molecule has 0 amide bonds. The van der Waals surface area contributed by atoms with Crippen LogP contribution in [0.1, 0.15) is 24.6 Å². The molecular formula is C13H14N2O2S. The highest BCUT2D eigenvalue weighted by Crippen LogP contribution is 2.34. The summed E-state index contributed by atoms with van der Waals surface area (Å²) in [7, 11) is 0. The predicted molar refractivity (Wildman–Crippen MR) is 71.1 cm³/mol. The molecule has 0 saturated heterocycles. The van der Waals surface area contributed by atoms with Crippen LogP contribution in [0.3, 0.4) is 0 Å². The zero-order valence-electron chi connectivity index (χ0n) is 10.1. The van der Waals surface area contributed by atoms with Crippen molar-refractivity contribution in [3.63, 3.8) is 0 Å². The van der Waals surface area contributed by atoms with E-state index in [2.05, 4.69) is 16.8 Å². The Morgan fingerprint density at radius 1 is 1.50 bits per heavy atom. The van der Waals surface area contributed by atoms with E-state index in [0.29, 0.717) is 0 Å². The average Bonchev–Trinajstić information content (AvgIpc) is 3.11. The Kier molecular flexibility index (Phi) is 3.06. The van der Waals surface area contributed by atoms with Crippen molar-refractivity contribution in [2.24, 2.45) is 0 Å². The van der Waals surface area contributed by atoms with Gasteiger partial charge in [-0.15, -0.1) is 11.3 Å². The summed E-state index contributed by atoms with van der Waals surface area (Å²) < 4.78 is 11.1. The van der Waals surface area contributed by atoms with E-state index in [-0.39, 0.29) is 6.23 Å². The third-order valence-corrected chi connectivity index (χ3v) is 3.63. The number of nitrogens with zero attached hydrogens (tertiary/aromatic N) is 2. The zero-order chi connectivity index (χ0) is 12.4. The van der Waals surface area contributed by atoms with Crippen molar-refractivity contribution >= 4 is 22.8 Å². The first-order valence-corrected chi connectivity index (χ1v) is 6.84. The van der Waals surface area contributed by atoms with Gasteiger partial charge in [0.25, 0.3) is 0 Å². The van der Waals surface area contributed by atoms with Gasteiger partial charge in [-0.05, 0) is 0 Å². The number of aromatic nitrogens is 1. The maximum absolute atomic E-state index is 6.00. The van der Waals surface area contributed by atoms with Crippen molar-refractivity contribution < 1.29 is 9.15 Å². The van der Waals surface area contributed by atoms with Crippen molar-refractivity contribution in [2.45, 2.75) is 26.0 Å². The average molecular weight is 262 g/mol. The topological polar surface area (TPSA) is 38.5 Å². The van der Waals surface area contributed by atoms with Crippen LogP contribution >= 0.6 is 11.3 Å². The van der Waals surface area contributed by atoms with Crippen molar-refractivity contribution in [1.29, 1.82) is 0 Å². The lowest BCUT2D eigenvalue weighted by atomic mass is 10.3. The van der Waals surface area contributed by atoms with Crippen LogP contribution in [0.2, 0.25) is 0 Å². The largest absolute Gasteiger partial charge is 0.470 e. The van der Waals surface area contributed by atoms with E-state index < -0.39 is 0 Å². The molecule has 1 aliphatic rings. The maximum Gasteiger partial charge on any atom is 0.176 e. The summed E-state index contributed by atoms with van der Waals surface area (Å²) in [6.45, 7) is 2.15. The second-order valence-electron chi connectivity index (χ2n) is 4.11. The van der Waals surface area contributed by atoms with E-state index in [1.165, 1.54) is 0 Å². The van der Waals surface area contributed by atoms with Crippen LogP contribution in [0.15, 0.2) is 40.9 Å². The standard InChI is InChI=1S/C13H14N2O2S/c1-2-3-13-15(10-4-5-16-8-10)7-11(17-13)12-6-14-9-18-12/h4-9,13H,2-3H2,1H3. The number of thiazole rings is 1. The molecule has 4 nitrogen and oxygen atoms in total. The number of ether oxygens (including phenoxy) is 1. The predicted octanol–water partition coefficient (Wildman–Crippen LogP) is 3.70. The molecule has 2 aromatic heterocycles. The molecule has 1 aliphatic heterocycles. The Morgan fingerprint density at radius 3 is 3.11 bits per heavy atom. The fraction of sp³-hybridized carbons (Fsp3) is 0.308. The molecule has 0 N–H and O–H groups in total. The van der Waals surface area contributed by atoms with E-state index in [4.69, 9.17) is 9.15 Å². The highest BCUT2D eigenvalue weighted by Gasteiger charge is 2.28. The number of furan rings is 1. The highest BCUT2D eigenvalue weighted by atomic mass is 32.1. The van der Waals surface area contributed by atoms with Gasteiger partial charge in [-0.25, -0.2) is 0 Å². The summed E-state index contributed by atoms with van der Waals surface area (Å²) in [6, 6.07) is 1.94. The van der Waals surface area contributed by atoms with E-state index >= 15 is 0 Å². The van der Waals surface area contributed by atoms with Gasteiger partial charge in [-0.1, -0.05) is 13.3 Å². The molecule has 0 fully saturated rings. The Balaban J connectivity index is 1.89. The summed E-state index contributed by atoms with van der Waals surface area (Å²) in [6.07, 6.45) is 9.36. The van der Waals surface area contributed by atoms with Crippen molar-refractivity contribution in [3.05, 3.63) is 41.4 Å². The van der Waals surface area contributed by atoms with Crippen LogP contribution in [0.4, 0.5) is 5.69 Å². The number of hydrogen-bond donors (Lipinski definition) is 0. The lowest BCUT2D eigenvalue weighted by Crippen LogP contribution is -2.27.